The topological polar surface area (TPSA) is 56.9 Å². The molecule has 0 amide bonds. The Bertz CT molecular complexity index is 696. The third kappa shape index (κ3) is 5.29. The molecule has 1 aliphatic rings. The van der Waals surface area contributed by atoms with Gasteiger partial charge in [0, 0.05) is 51.9 Å². The lowest BCUT2D eigenvalue weighted by atomic mass is 10.1. The van der Waals surface area contributed by atoms with E-state index < -0.39 is 0 Å². The van der Waals surface area contributed by atoms with E-state index in [-0.39, 0.29) is 5.82 Å². The maximum atomic E-state index is 13.3. The van der Waals surface area contributed by atoms with Crippen LogP contribution >= 0.6 is 0 Å². The van der Waals surface area contributed by atoms with Gasteiger partial charge in [0.15, 0.2) is 5.96 Å². The van der Waals surface area contributed by atoms with Gasteiger partial charge in [0.1, 0.15) is 12.1 Å². The van der Waals surface area contributed by atoms with Crippen molar-refractivity contribution in [2.45, 2.75) is 19.9 Å². The largest absolute Gasteiger partial charge is 0.364 e. The maximum Gasteiger partial charge on any atom is 0.194 e. The van der Waals surface area contributed by atoms with Gasteiger partial charge in [-0.3, -0.25) is 9.89 Å². The van der Waals surface area contributed by atoms with E-state index >= 15 is 0 Å². The molecule has 2 heterocycles. The summed E-state index contributed by atoms with van der Waals surface area (Å²) >= 11 is 0. The zero-order valence-corrected chi connectivity index (χ0v) is 15.2. The number of hydrogen-bond donors (Lipinski definition) is 1. The highest BCUT2D eigenvalue weighted by atomic mass is 19.1. The fourth-order valence-electron chi connectivity index (χ4n) is 3.08. The van der Waals surface area contributed by atoms with Gasteiger partial charge < -0.3 is 14.7 Å². The van der Waals surface area contributed by atoms with Gasteiger partial charge in [0.05, 0.1) is 5.69 Å². The van der Waals surface area contributed by atoms with Gasteiger partial charge in [-0.25, -0.2) is 4.39 Å². The lowest BCUT2D eigenvalue weighted by Gasteiger charge is -2.36. The lowest BCUT2D eigenvalue weighted by Crippen LogP contribution is -2.52. The number of nitrogens with zero attached hydrogens (tertiary/aromatic N) is 4. The zero-order chi connectivity index (χ0) is 18.2. The molecule has 1 aliphatic heterocycles. The van der Waals surface area contributed by atoms with Gasteiger partial charge in [-0.15, -0.1) is 0 Å². The quantitative estimate of drug-likeness (QED) is 0.633. The molecule has 7 heteroatoms. The number of nitrogens with one attached hydrogen (secondary N) is 1. The molecule has 2 aromatic rings. The Balaban J connectivity index is 1.51. The minimum Gasteiger partial charge on any atom is -0.364 e. The summed E-state index contributed by atoms with van der Waals surface area (Å²) in [5.41, 5.74) is 1.94. The second-order valence-electron chi connectivity index (χ2n) is 6.37. The fraction of sp³-hybridized carbons (Fsp3) is 0.474. The summed E-state index contributed by atoms with van der Waals surface area (Å²) in [5.74, 6) is 0.742. The van der Waals surface area contributed by atoms with E-state index in [0.29, 0.717) is 6.54 Å². The van der Waals surface area contributed by atoms with Gasteiger partial charge in [-0.1, -0.05) is 17.3 Å². The Labute approximate surface area is 153 Å². The van der Waals surface area contributed by atoms with Crippen LogP contribution in [0.4, 0.5) is 4.39 Å². The maximum absolute atomic E-state index is 13.3. The van der Waals surface area contributed by atoms with Crippen LogP contribution in [0.1, 0.15) is 18.2 Å². The van der Waals surface area contributed by atoms with E-state index in [0.717, 1.165) is 62.9 Å². The average Bonchev–Trinajstić information content (AvgIpc) is 3.15. The highest BCUT2D eigenvalue weighted by Crippen LogP contribution is 2.08. The Morgan fingerprint density at radius 1 is 1.27 bits per heavy atom. The van der Waals surface area contributed by atoms with E-state index in [1.54, 1.807) is 18.4 Å². The molecule has 0 aliphatic carbocycles. The second-order valence-corrected chi connectivity index (χ2v) is 6.37. The normalized spacial score (nSPS) is 16.1. The van der Waals surface area contributed by atoms with Crippen LogP contribution in [0.25, 0.3) is 0 Å². The van der Waals surface area contributed by atoms with Crippen molar-refractivity contribution >= 4 is 5.96 Å². The molecule has 0 bridgehead atoms. The predicted molar refractivity (Wildman–Crippen MR) is 99.4 cm³/mol. The summed E-state index contributed by atoms with van der Waals surface area (Å²) in [6.45, 7) is 8.12. The van der Waals surface area contributed by atoms with Gasteiger partial charge in [0.25, 0.3) is 0 Å². The van der Waals surface area contributed by atoms with Crippen molar-refractivity contribution in [2.75, 3.05) is 39.3 Å². The first-order valence-electron chi connectivity index (χ1n) is 9.14. The van der Waals surface area contributed by atoms with Crippen LogP contribution in [0.15, 0.2) is 46.1 Å². The van der Waals surface area contributed by atoms with E-state index in [2.05, 4.69) is 27.2 Å². The molecular weight excluding hydrogens is 333 g/mol. The summed E-state index contributed by atoms with van der Waals surface area (Å²) in [5, 5.41) is 7.34. The van der Waals surface area contributed by atoms with E-state index in [9.17, 15) is 4.39 Å². The molecular formula is C19H26FN5O. The summed E-state index contributed by atoms with van der Waals surface area (Å²) in [7, 11) is 0. The molecule has 1 aromatic heterocycles. The fourth-order valence-corrected chi connectivity index (χ4v) is 3.08. The van der Waals surface area contributed by atoms with Crippen LogP contribution in [0.2, 0.25) is 0 Å². The van der Waals surface area contributed by atoms with Crippen molar-refractivity contribution in [3.8, 4) is 0 Å². The number of halogens is 1. The van der Waals surface area contributed by atoms with Crippen LogP contribution < -0.4 is 5.32 Å². The number of piperazine rings is 1. The predicted octanol–water partition coefficient (Wildman–Crippen LogP) is 2.14. The van der Waals surface area contributed by atoms with Crippen LogP contribution in [0.3, 0.4) is 0 Å². The number of aliphatic imine (C=N–C) groups is 1. The molecule has 140 valence electrons. The van der Waals surface area contributed by atoms with Gasteiger partial charge in [0.2, 0.25) is 0 Å². The van der Waals surface area contributed by atoms with E-state index in [4.69, 9.17) is 9.52 Å². The average molecular weight is 359 g/mol. The first-order chi connectivity index (χ1) is 12.7. The molecule has 0 saturated carbocycles. The smallest absolute Gasteiger partial charge is 0.194 e. The van der Waals surface area contributed by atoms with Crippen molar-refractivity contribution in [2.24, 2.45) is 4.99 Å². The molecule has 1 fully saturated rings. The van der Waals surface area contributed by atoms with E-state index in [1.807, 2.05) is 12.1 Å². The van der Waals surface area contributed by atoms with Gasteiger partial charge in [-0.2, -0.15) is 0 Å². The minimum absolute atomic E-state index is 0.193. The number of hydrogen-bond acceptors (Lipinski definition) is 4. The van der Waals surface area contributed by atoms with Crippen LogP contribution in [-0.4, -0.2) is 60.2 Å². The monoisotopic (exact) mass is 359 g/mol. The van der Waals surface area contributed by atoms with Gasteiger partial charge in [-0.05, 0) is 31.0 Å². The SMILES string of the molecule is CCNC(=NCCc1cccc(F)c1)N1CCN(Cc2ccon2)CC1. The standard InChI is InChI=1S/C19H26FN5O/c1-2-21-19(22-8-6-16-4-3-5-17(20)14-16)25-11-9-24(10-12-25)15-18-7-13-26-23-18/h3-5,7,13-14H,2,6,8-12,15H2,1H3,(H,21,22). The third-order valence-corrected chi connectivity index (χ3v) is 4.43. The number of benzene rings is 1. The third-order valence-electron chi connectivity index (χ3n) is 4.43. The molecule has 0 atom stereocenters. The number of rotatable bonds is 6. The second kappa shape index (κ2) is 9.33. The van der Waals surface area contributed by atoms with Crippen molar-refractivity contribution in [3.05, 3.63) is 53.7 Å². The first-order valence-corrected chi connectivity index (χ1v) is 9.14. The molecule has 0 spiro atoms. The van der Waals surface area contributed by atoms with E-state index in [1.165, 1.54) is 6.07 Å². The molecule has 6 nitrogen and oxygen atoms in total. The van der Waals surface area contributed by atoms with Crippen LogP contribution in [0.5, 0.6) is 0 Å². The van der Waals surface area contributed by atoms with Crippen molar-refractivity contribution < 1.29 is 8.91 Å². The molecule has 1 N–H and O–H groups in total. The summed E-state index contributed by atoms with van der Waals surface area (Å²) in [6, 6.07) is 8.63. The zero-order valence-electron chi connectivity index (χ0n) is 15.2. The minimum atomic E-state index is -0.193. The molecule has 1 saturated heterocycles. The number of guanidine groups is 1. The highest BCUT2D eigenvalue weighted by Gasteiger charge is 2.20. The number of aromatic nitrogens is 1. The molecule has 0 unspecified atom stereocenters. The van der Waals surface area contributed by atoms with Crippen molar-refractivity contribution in [1.82, 2.24) is 20.3 Å². The van der Waals surface area contributed by atoms with Crippen LogP contribution in [-0.2, 0) is 13.0 Å². The Hall–Kier alpha value is -2.41. The van der Waals surface area contributed by atoms with Crippen LogP contribution in [0, 0.1) is 5.82 Å². The Morgan fingerprint density at radius 3 is 2.81 bits per heavy atom. The molecule has 0 radical (unpaired) electrons. The van der Waals surface area contributed by atoms with Crippen molar-refractivity contribution in [1.29, 1.82) is 0 Å². The summed E-state index contributed by atoms with van der Waals surface area (Å²) in [4.78, 5) is 9.38. The van der Waals surface area contributed by atoms with Gasteiger partial charge >= 0.3 is 0 Å². The lowest BCUT2D eigenvalue weighted by molar-refractivity contribution is 0.169. The summed E-state index contributed by atoms with van der Waals surface area (Å²) < 4.78 is 18.2. The highest BCUT2D eigenvalue weighted by molar-refractivity contribution is 5.80. The first kappa shape index (κ1) is 18.4. The Kier molecular flexibility index (Phi) is 6.60. The molecule has 26 heavy (non-hydrogen) atoms. The Morgan fingerprint density at radius 2 is 2.12 bits per heavy atom. The van der Waals surface area contributed by atoms with Crippen molar-refractivity contribution in [3.63, 3.8) is 0 Å². The molecule has 3 rings (SSSR count). The summed E-state index contributed by atoms with van der Waals surface area (Å²) in [6.07, 6.45) is 2.35. The molecule has 1 aromatic carbocycles.